The van der Waals surface area contributed by atoms with Gasteiger partial charge in [-0.3, -0.25) is 9.59 Å². The lowest BCUT2D eigenvalue weighted by Crippen LogP contribution is -2.32. The normalized spacial score (nSPS) is 10.8. The second-order valence-electron chi connectivity index (χ2n) is 5.76. The summed E-state index contributed by atoms with van der Waals surface area (Å²) in [7, 11) is 0. The standard InChI is InChI=1S/C19H16N4O2S2/c24-17(12-7-8-14(22-18(12)25)15-6-3-11-26-15)20-9-10-21-19-23-13-4-1-2-5-16(13)27-19/h1-8,11H,9-10H2,(H,20,24)(H,21,23)(H,22,25). The van der Waals surface area contributed by atoms with Gasteiger partial charge < -0.3 is 15.6 Å². The summed E-state index contributed by atoms with van der Waals surface area (Å²) in [5.74, 6) is -0.389. The first-order valence-corrected chi connectivity index (χ1v) is 10.1. The van der Waals surface area contributed by atoms with Crippen molar-refractivity contribution >= 4 is 43.9 Å². The summed E-state index contributed by atoms with van der Waals surface area (Å²) in [5.41, 5.74) is 1.38. The molecule has 3 heterocycles. The Kier molecular flexibility index (Phi) is 4.99. The molecule has 27 heavy (non-hydrogen) atoms. The van der Waals surface area contributed by atoms with Crippen molar-refractivity contribution in [1.82, 2.24) is 15.3 Å². The molecular formula is C19H16N4O2S2. The first-order valence-electron chi connectivity index (χ1n) is 8.35. The lowest BCUT2D eigenvalue weighted by atomic mass is 10.2. The number of hydrogen-bond acceptors (Lipinski definition) is 6. The fourth-order valence-electron chi connectivity index (χ4n) is 2.62. The number of carbonyl (C=O) groups is 1. The van der Waals surface area contributed by atoms with Gasteiger partial charge in [-0.05, 0) is 35.7 Å². The van der Waals surface area contributed by atoms with Crippen molar-refractivity contribution < 1.29 is 4.79 Å². The molecule has 1 aromatic carbocycles. The zero-order valence-corrected chi connectivity index (χ0v) is 15.8. The van der Waals surface area contributed by atoms with E-state index in [0.717, 1.165) is 20.2 Å². The van der Waals surface area contributed by atoms with Crippen LogP contribution in [0.1, 0.15) is 10.4 Å². The number of para-hydroxylation sites is 1. The van der Waals surface area contributed by atoms with Crippen molar-refractivity contribution in [3.63, 3.8) is 0 Å². The highest BCUT2D eigenvalue weighted by molar-refractivity contribution is 7.22. The van der Waals surface area contributed by atoms with Crippen LogP contribution in [0.2, 0.25) is 0 Å². The minimum absolute atomic E-state index is 0.107. The molecule has 0 bridgehead atoms. The lowest BCUT2D eigenvalue weighted by molar-refractivity contribution is 0.0953. The lowest BCUT2D eigenvalue weighted by Gasteiger charge is -2.06. The van der Waals surface area contributed by atoms with E-state index >= 15 is 0 Å². The third kappa shape index (κ3) is 3.91. The summed E-state index contributed by atoms with van der Waals surface area (Å²) >= 11 is 3.10. The van der Waals surface area contributed by atoms with Crippen LogP contribution in [-0.2, 0) is 0 Å². The molecule has 4 aromatic rings. The average molecular weight is 396 g/mol. The van der Waals surface area contributed by atoms with Crippen molar-refractivity contribution in [3.05, 3.63) is 69.8 Å². The Bertz CT molecular complexity index is 1100. The van der Waals surface area contributed by atoms with E-state index in [1.54, 1.807) is 23.5 Å². The zero-order chi connectivity index (χ0) is 18.6. The van der Waals surface area contributed by atoms with Crippen LogP contribution in [0, 0.1) is 0 Å². The van der Waals surface area contributed by atoms with Crippen LogP contribution in [-0.4, -0.2) is 29.0 Å². The van der Waals surface area contributed by atoms with Crippen LogP contribution in [0.3, 0.4) is 0 Å². The number of rotatable bonds is 6. The number of H-pyrrole nitrogens is 1. The number of pyridine rings is 1. The summed E-state index contributed by atoms with van der Waals surface area (Å²) in [6, 6.07) is 15.1. The van der Waals surface area contributed by atoms with E-state index in [-0.39, 0.29) is 11.5 Å². The van der Waals surface area contributed by atoms with Gasteiger partial charge in [0.15, 0.2) is 5.13 Å². The van der Waals surface area contributed by atoms with Crippen molar-refractivity contribution in [2.24, 2.45) is 0 Å². The molecule has 4 rings (SSSR count). The van der Waals surface area contributed by atoms with Crippen LogP contribution >= 0.6 is 22.7 Å². The number of carbonyl (C=O) groups excluding carboxylic acids is 1. The molecule has 0 spiro atoms. The molecule has 0 unspecified atom stereocenters. The number of anilines is 1. The van der Waals surface area contributed by atoms with E-state index in [9.17, 15) is 9.59 Å². The third-order valence-corrected chi connectivity index (χ3v) is 5.82. The van der Waals surface area contributed by atoms with Crippen LogP contribution in [0.25, 0.3) is 20.8 Å². The van der Waals surface area contributed by atoms with Gasteiger partial charge in [0, 0.05) is 13.1 Å². The number of aromatic nitrogens is 2. The molecule has 0 aliphatic heterocycles. The van der Waals surface area contributed by atoms with E-state index in [1.807, 2.05) is 41.8 Å². The molecule has 8 heteroatoms. The highest BCUT2D eigenvalue weighted by Crippen LogP contribution is 2.25. The van der Waals surface area contributed by atoms with Gasteiger partial charge in [0.05, 0.1) is 20.8 Å². The minimum atomic E-state index is -0.391. The monoisotopic (exact) mass is 396 g/mol. The molecule has 0 saturated carbocycles. The Morgan fingerprint density at radius 1 is 1.07 bits per heavy atom. The number of thiazole rings is 1. The van der Waals surface area contributed by atoms with Crippen LogP contribution in [0.15, 0.2) is 58.7 Å². The Morgan fingerprint density at radius 2 is 1.96 bits per heavy atom. The smallest absolute Gasteiger partial charge is 0.261 e. The molecule has 0 atom stereocenters. The van der Waals surface area contributed by atoms with Crippen molar-refractivity contribution in [2.75, 3.05) is 18.4 Å². The molecule has 0 aliphatic rings. The van der Waals surface area contributed by atoms with Gasteiger partial charge in [-0.2, -0.15) is 0 Å². The maximum absolute atomic E-state index is 12.2. The largest absolute Gasteiger partial charge is 0.360 e. The summed E-state index contributed by atoms with van der Waals surface area (Å²) in [5, 5.41) is 8.69. The van der Waals surface area contributed by atoms with E-state index in [1.165, 1.54) is 11.3 Å². The molecule has 1 amide bonds. The number of nitrogens with zero attached hydrogens (tertiary/aromatic N) is 1. The maximum atomic E-state index is 12.2. The highest BCUT2D eigenvalue weighted by Gasteiger charge is 2.11. The second-order valence-corrected chi connectivity index (χ2v) is 7.74. The van der Waals surface area contributed by atoms with Crippen molar-refractivity contribution in [3.8, 4) is 10.6 Å². The molecule has 0 radical (unpaired) electrons. The quantitative estimate of drug-likeness (QED) is 0.435. The Balaban J connectivity index is 1.33. The van der Waals surface area contributed by atoms with Crippen LogP contribution < -0.4 is 16.2 Å². The first-order chi connectivity index (χ1) is 13.2. The van der Waals surface area contributed by atoms with E-state index < -0.39 is 5.56 Å². The number of amides is 1. The predicted octanol–water partition coefficient (Wildman–Crippen LogP) is 3.56. The number of fused-ring (bicyclic) bond motifs is 1. The van der Waals surface area contributed by atoms with E-state index in [0.29, 0.717) is 18.8 Å². The number of thiophene rings is 1. The Morgan fingerprint density at radius 3 is 2.74 bits per heavy atom. The fraction of sp³-hybridized carbons (Fsp3) is 0.105. The van der Waals surface area contributed by atoms with E-state index in [2.05, 4.69) is 20.6 Å². The van der Waals surface area contributed by atoms with Crippen molar-refractivity contribution in [2.45, 2.75) is 0 Å². The summed E-state index contributed by atoms with van der Waals surface area (Å²) < 4.78 is 1.11. The third-order valence-electron chi connectivity index (χ3n) is 3.92. The SMILES string of the molecule is O=C(NCCNc1nc2ccccc2s1)c1ccc(-c2cccs2)[nH]c1=O. The van der Waals surface area contributed by atoms with Crippen LogP contribution in [0.5, 0.6) is 0 Å². The number of hydrogen-bond donors (Lipinski definition) is 3. The van der Waals surface area contributed by atoms with Gasteiger partial charge in [0.25, 0.3) is 11.5 Å². The van der Waals surface area contributed by atoms with E-state index in [4.69, 9.17) is 0 Å². The molecule has 0 fully saturated rings. The molecule has 0 aliphatic carbocycles. The topological polar surface area (TPSA) is 86.9 Å². The number of aromatic amines is 1. The Labute approximate surface area is 162 Å². The fourth-order valence-corrected chi connectivity index (χ4v) is 4.21. The number of nitrogens with one attached hydrogen (secondary N) is 3. The molecule has 136 valence electrons. The van der Waals surface area contributed by atoms with Gasteiger partial charge in [-0.1, -0.05) is 29.5 Å². The molecule has 0 saturated heterocycles. The predicted molar refractivity (Wildman–Crippen MR) is 111 cm³/mol. The van der Waals surface area contributed by atoms with Gasteiger partial charge in [0.2, 0.25) is 0 Å². The molecular weight excluding hydrogens is 380 g/mol. The van der Waals surface area contributed by atoms with Gasteiger partial charge in [-0.15, -0.1) is 11.3 Å². The number of benzene rings is 1. The minimum Gasteiger partial charge on any atom is -0.360 e. The van der Waals surface area contributed by atoms with Gasteiger partial charge in [-0.25, -0.2) is 4.98 Å². The van der Waals surface area contributed by atoms with Crippen LogP contribution in [0.4, 0.5) is 5.13 Å². The molecule has 6 nitrogen and oxygen atoms in total. The van der Waals surface area contributed by atoms with Gasteiger partial charge >= 0.3 is 0 Å². The molecule has 3 N–H and O–H groups in total. The Hall–Kier alpha value is -2.97. The highest BCUT2D eigenvalue weighted by atomic mass is 32.1. The van der Waals surface area contributed by atoms with Crippen molar-refractivity contribution in [1.29, 1.82) is 0 Å². The second kappa shape index (κ2) is 7.73. The summed E-state index contributed by atoms with van der Waals surface area (Å²) in [6.07, 6.45) is 0. The summed E-state index contributed by atoms with van der Waals surface area (Å²) in [4.78, 5) is 32.6. The maximum Gasteiger partial charge on any atom is 0.261 e. The zero-order valence-electron chi connectivity index (χ0n) is 14.2. The first kappa shape index (κ1) is 17.4. The molecule has 3 aromatic heterocycles. The summed E-state index contributed by atoms with van der Waals surface area (Å²) in [6.45, 7) is 0.914. The average Bonchev–Trinajstić information content (AvgIpc) is 3.34. The van der Waals surface area contributed by atoms with Gasteiger partial charge in [0.1, 0.15) is 5.56 Å².